The number of hydrogen-bond acceptors (Lipinski definition) is 3. The van der Waals surface area contributed by atoms with Crippen LogP contribution in [0.25, 0.3) is 0 Å². The summed E-state index contributed by atoms with van der Waals surface area (Å²) in [5.74, 6) is 4.26. The summed E-state index contributed by atoms with van der Waals surface area (Å²) in [4.78, 5) is 0. The topological polar surface area (TPSA) is 20.2 Å². The van der Waals surface area contributed by atoms with E-state index in [1.165, 1.54) is 29.9 Å². The molecule has 0 aromatic carbocycles. The molecule has 1 heterocycles. The maximum atomic E-state index is 9.88. The molecule has 0 unspecified atom stereocenters. The molecule has 1 saturated carbocycles. The van der Waals surface area contributed by atoms with Crippen molar-refractivity contribution in [1.29, 1.82) is 0 Å². The molecule has 2 aliphatic carbocycles. The highest BCUT2D eigenvalue weighted by atomic mass is 32.2. The van der Waals surface area contributed by atoms with Crippen LogP contribution in [0.1, 0.15) is 33.1 Å². The normalized spacial score (nSPS) is 42.6. The molecule has 1 aliphatic heterocycles. The Bertz CT molecular complexity index is 425. The molecule has 0 aromatic heterocycles. The van der Waals surface area contributed by atoms with Crippen molar-refractivity contribution in [2.45, 2.75) is 37.2 Å². The van der Waals surface area contributed by atoms with E-state index in [0.29, 0.717) is 28.4 Å². The van der Waals surface area contributed by atoms with Crippen molar-refractivity contribution >= 4 is 23.5 Å². The predicted octanol–water partition coefficient (Wildman–Crippen LogP) is 4.34. The van der Waals surface area contributed by atoms with Gasteiger partial charge in [-0.15, -0.1) is 23.5 Å². The highest BCUT2D eigenvalue weighted by molar-refractivity contribution is 8.21. The van der Waals surface area contributed by atoms with Crippen LogP contribution in [0.4, 0.5) is 0 Å². The maximum Gasteiger partial charge on any atom is 0.0795 e. The first-order valence-electron chi connectivity index (χ1n) is 7.74. The minimum Gasteiger partial charge on any atom is -0.396 e. The van der Waals surface area contributed by atoms with Crippen LogP contribution in [0, 0.1) is 23.2 Å². The van der Waals surface area contributed by atoms with Crippen molar-refractivity contribution in [3.05, 3.63) is 24.3 Å². The molecule has 112 valence electrons. The van der Waals surface area contributed by atoms with Gasteiger partial charge in [0.05, 0.1) is 4.08 Å². The lowest BCUT2D eigenvalue weighted by molar-refractivity contribution is 0.0153. The Morgan fingerprint density at radius 3 is 2.60 bits per heavy atom. The van der Waals surface area contributed by atoms with E-state index >= 15 is 0 Å². The third-order valence-corrected chi connectivity index (χ3v) is 9.18. The van der Waals surface area contributed by atoms with Gasteiger partial charge in [0, 0.05) is 18.1 Å². The number of allylic oxidation sites excluding steroid dienone is 2. The molecule has 3 heteroatoms. The van der Waals surface area contributed by atoms with Gasteiger partial charge < -0.3 is 5.11 Å². The van der Waals surface area contributed by atoms with Crippen LogP contribution in [0.15, 0.2) is 24.3 Å². The number of aliphatic hydroxyl groups is 1. The number of rotatable bonds is 2. The van der Waals surface area contributed by atoms with Crippen LogP contribution < -0.4 is 0 Å². The van der Waals surface area contributed by atoms with Crippen molar-refractivity contribution in [3.63, 3.8) is 0 Å². The fourth-order valence-corrected chi connectivity index (χ4v) is 7.43. The van der Waals surface area contributed by atoms with Gasteiger partial charge in [0.25, 0.3) is 0 Å². The van der Waals surface area contributed by atoms with Gasteiger partial charge in [-0.2, -0.15) is 0 Å². The summed E-state index contributed by atoms with van der Waals surface area (Å²) >= 11 is 4.26. The average Bonchev–Trinajstić information content (AvgIpc) is 2.87. The average molecular weight is 311 g/mol. The van der Waals surface area contributed by atoms with Crippen LogP contribution in [-0.2, 0) is 0 Å². The molecule has 20 heavy (non-hydrogen) atoms. The third kappa shape index (κ3) is 2.40. The lowest BCUT2D eigenvalue weighted by atomic mass is 9.55. The third-order valence-electron chi connectivity index (χ3n) is 5.82. The van der Waals surface area contributed by atoms with Crippen LogP contribution in [0.5, 0.6) is 0 Å². The van der Waals surface area contributed by atoms with E-state index in [1.54, 1.807) is 0 Å². The molecule has 0 aromatic rings. The van der Waals surface area contributed by atoms with E-state index in [-0.39, 0.29) is 5.41 Å². The summed E-state index contributed by atoms with van der Waals surface area (Å²) in [5, 5.41) is 9.88. The van der Waals surface area contributed by atoms with Gasteiger partial charge in [-0.25, -0.2) is 0 Å². The van der Waals surface area contributed by atoms with Gasteiger partial charge >= 0.3 is 0 Å². The summed E-state index contributed by atoms with van der Waals surface area (Å²) in [5.41, 5.74) is 1.50. The monoisotopic (exact) mass is 310 g/mol. The quantitative estimate of drug-likeness (QED) is 0.766. The van der Waals surface area contributed by atoms with Crippen molar-refractivity contribution < 1.29 is 5.11 Å². The number of hydrogen-bond donors (Lipinski definition) is 1. The zero-order chi connectivity index (χ0) is 14.4. The SMILES string of the molecule is C=C(C)[C@H]1C[C@@H]2CC3(C=C[C@]2(C)[C@@H](CO)C1)SCCS3. The fourth-order valence-electron chi connectivity index (χ4n) is 4.28. The van der Waals surface area contributed by atoms with E-state index in [9.17, 15) is 5.11 Å². The van der Waals surface area contributed by atoms with Crippen molar-refractivity contribution in [2.75, 3.05) is 18.1 Å². The van der Waals surface area contributed by atoms with Crippen molar-refractivity contribution in [3.8, 4) is 0 Å². The van der Waals surface area contributed by atoms with Crippen LogP contribution in [0.2, 0.25) is 0 Å². The predicted molar refractivity (Wildman–Crippen MR) is 91.1 cm³/mol. The lowest BCUT2D eigenvalue weighted by Gasteiger charge is -2.53. The Kier molecular flexibility index (Phi) is 4.07. The molecule has 4 atom stereocenters. The minimum absolute atomic E-state index is 0.190. The molecule has 2 fully saturated rings. The second-order valence-electron chi connectivity index (χ2n) is 7.00. The molecule has 1 saturated heterocycles. The van der Waals surface area contributed by atoms with E-state index < -0.39 is 0 Å². The van der Waals surface area contributed by atoms with E-state index in [2.05, 4.69) is 56.1 Å². The van der Waals surface area contributed by atoms with Gasteiger partial charge in [0.2, 0.25) is 0 Å². The first-order valence-corrected chi connectivity index (χ1v) is 9.71. The van der Waals surface area contributed by atoms with Crippen molar-refractivity contribution in [1.82, 2.24) is 0 Å². The number of thioether (sulfide) groups is 2. The largest absolute Gasteiger partial charge is 0.396 e. The zero-order valence-corrected chi connectivity index (χ0v) is 14.2. The molecule has 0 radical (unpaired) electrons. The molecule has 1 spiro atoms. The molecule has 1 N–H and O–H groups in total. The second-order valence-corrected chi connectivity index (χ2v) is 10.1. The van der Waals surface area contributed by atoms with Gasteiger partial charge in [0.15, 0.2) is 0 Å². The number of aliphatic hydroxyl groups excluding tert-OH is 1. The van der Waals surface area contributed by atoms with Gasteiger partial charge in [-0.1, -0.05) is 31.2 Å². The Hall–Kier alpha value is 0.140. The number of fused-ring (bicyclic) bond motifs is 1. The van der Waals surface area contributed by atoms with E-state index in [0.717, 1.165) is 6.42 Å². The Morgan fingerprint density at radius 2 is 2.00 bits per heavy atom. The Morgan fingerprint density at radius 1 is 1.30 bits per heavy atom. The molecular formula is C17H26OS2. The van der Waals surface area contributed by atoms with Crippen LogP contribution in [-0.4, -0.2) is 27.3 Å². The summed E-state index contributed by atoms with van der Waals surface area (Å²) < 4.78 is 0.334. The standard InChI is InChI=1S/C17H26OS2/c1-12(2)13-8-14-10-17(19-6-7-20-17)5-4-16(14,3)15(9-13)11-18/h4-5,13-15,18H,1,6-11H2,2-3H3/t13-,14+,15+,16-/m0/s1. The summed E-state index contributed by atoms with van der Waals surface area (Å²) in [6, 6.07) is 0. The Balaban J connectivity index is 1.90. The maximum absolute atomic E-state index is 9.88. The van der Waals surface area contributed by atoms with E-state index in [1.807, 2.05) is 0 Å². The summed E-state index contributed by atoms with van der Waals surface area (Å²) in [7, 11) is 0. The smallest absolute Gasteiger partial charge is 0.0795 e. The molecule has 0 bridgehead atoms. The molecule has 3 aliphatic rings. The molecule has 1 nitrogen and oxygen atoms in total. The molecule has 0 amide bonds. The first kappa shape index (κ1) is 15.1. The first-order chi connectivity index (χ1) is 9.49. The summed E-state index contributed by atoms with van der Waals surface area (Å²) in [6.45, 7) is 9.04. The van der Waals surface area contributed by atoms with Gasteiger partial charge in [-0.05, 0) is 49.4 Å². The fraction of sp³-hybridized carbons (Fsp3) is 0.765. The van der Waals surface area contributed by atoms with Gasteiger partial charge in [0.1, 0.15) is 0 Å². The van der Waals surface area contributed by atoms with E-state index in [4.69, 9.17) is 0 Å². The van der Waals surface area contributed by atoms with Crippen molar-refractivity contribution in [2.24, 2.45) is 23.2 Å². The van der Waals surface area contributed by atoms with Gasteiger partial charge in [-0.3, -0.25) is 0 Å². The lowest BCUT2D eigenvalue weighted by Crippen LogP contribution is -2.47. The van der Waals surface area contributed by atoms with Crippen LogP contribution >= 0.6 is 23.5 Å². The van der Waals surface area contributed by atoms with Crippen LogP contribution in [0.3, 0.4) is 0 Å². The summed E-state index contributed by atoms with van der Waals surface area (Å²) in [6.07, 6.45) is 8.57. The Labute approximate surface area is 131 Å². The highest BCUT2D eigenvalue weighted by Crippen LogP contribution is 2.60. The molecular weight excluding hydrogens is 284 g/mol. The zero-order valence-electron chi connectivity index (χ0n) is 12.6. The molecule has 3 rings (SSSR count). The second kappa shape index (κ2) is 5.40. The highest BCUT2D eigenvalue weighted by Gasteiger charge is 2.51. The minimum atomic E-state index is 0.190.